The van der Waals surface area contributed by atoms with Crippen LogP contribution in [0.25, 0.3) is 0 Å². The van der Waals surface area contributed by atoms with Crippen molar-refractivity contribution in [2.45, 2.75) is 25.4 Å². The Morgan fingerprint density at radius 1 is 1.17 bits per heavy atom. The van der Waals surface area contributed by atoms with E-state index in [1.165, 1.54) is 0 Å². The van der Waals surface area contributed by atoms with Crippen molar-refractivity contribution in [2.75, 3.05) is 7.11 Å². The molecule has 0 aliphatic carbocycles. The third-order valence-corrected chi connectivity index (χ3v) is 4.07. The number of benzene rings is 2. The molecule has 1 aliphatic heterocycles. The van der Waals surface area contributed by atoms with Crippen LogP contribution in [0, 0.1) is 11.3 Å². The summed E-state index contributed by atoms with van der Waals surface area (Å²) in [5.41, 5.74) is 2.25. The van der Waals surface area contributed by atoms with Gasteiger partial charge in [-0.05, 0) is 37.3 Å². The third kappa shape index (κ3) is 2.91. The molecule has 3 rings (SSSR count). The van der Waals surface area contributed by atoms with E-state index in [2.05, 4.69) is 11.1 Å². The average molecular weight is 306 g/mol. The molecular weight excluding hydrogens is 288 g/mol. The predicted octanol–water partition coefficient (Wildman–Crippen LogP) is 4.32. The maximum atomic E-state index is 8.95. The predicted molar refractivity (Wildman–Crippen MR) is 88.9 cm³/mol. The molecule has 116 valence electrons. The van der Waals surface area contributed by atoms with Gasteiger partial charge in [0.25, 0.3) is 0 Å². The molecule has 0 aromatic heterocycles. The smallest absolute Gasteiger partial charge is 0.222 e. The van der Waals surface area contributed by atoms with Crippen molar-refractivity contribution in [1.82, 2.24) is 0 Å². The van der Waals surface area contributed by atoms with E-state index in [1.54, 1.807) is 7.11 Å². The van der Waals surface area contributed by atoms with Crippen molar-refractivity contribution in [2.24, 2.45) is 4.99 Å². The average Bonchev–Trinajstić information content (AvgIpc) is 2.60. The summed E-state index contributed by atoms with van der Waals surface area (Å²) in [5.74, 6) is 1.37. The molecule has 0 bridgehead atoms. The zero-order valence-electron chi connectivity index (χ0n) is 13.2. The molecular formula is C19H18N2O2. The van der Waals surface area contributed by atoms with Crippen molar-refractivity contribution < 1.29 is 9.47 Å². The molecule has 1 heterocycles. The molecule has 23 heavy (non-hydrogen) atoms. The summed E-state index contributed by atoms with van der Waals surface area (Å²) in [6, 6.07) is 17.8. The van der Waals surface area contributed by atoms with Gasteiger partial charge in [-0.15, -0.1) is 0 Å². The zero-order valence-corrected chi connectivity index (χ0v) is 13.2. The highest BCUT2D eigenvalue weighted by Crippen LogP contribution is 2.41. The van der Waals surface area contributed by atoms with Crippen LogP contribution >= 0.6 is 0 Å². The fraction of sp³-hybridized carbons (Fsp3) is 0.263. The molecule has 0 radical (unpaired) electrons. The van der Waals surface area contributed by atoms with Gasteiger partial charge in [-0.2, -0.15) is 5.26 Å². The number of ether oxygens (including phenoxy) is 2. The van der Waals surface area contributed by atoms with Gasteiger partial charge in [-0.3, -0.25) is 0 Å². The van der Waals surface area contributed by atoms with E-state index in [1.807, 2.05) is 55.5 Å². The summed E-state index contributed by atoms with van der Waals surface area (Å²) in [5, 5.41) is 8.95. The third-order valence-electron chi connectivity index (χ3n) is 4.07. The Hall–Kier alpha value is -2.80. The molecule has 4 heteroatoms. The van der Waals surface area contributed by atoms with Crippen LogP contribution in [-0.2, 0) is 10.3 Å². The van der Waals surface area contributed by atoms with Crippen LogP contribution in [0.15, 0.2) is 53.5 Å². The normalized spacial score (nSPS) is 19.1. The van der Waals surface area contributed by atoms with Gasteiger partial charge in [0, 0.05) is 24.0 Å². The molecule has 1 aliphatic rings. The summed E-state index contributed by atoms with van der Waals surface area (Å²) in [7, 11) is 1.64. The molecule has 2 aromatic rings. The molecule has 4 nitrogen and oxygen atoms in total. The number of para-hydroxylation sites is 1. The number of fused-ring (bicyclic) bond motifs is 1. The molecule has 2 aromatic carbocycles. The van der Waals surface area contributed by atoms with Crippen LogP contribution in [0.1, 0.15) is 30.9 Å². The van der Waals surface area contributed by atoms with Crippen molar-refractivity contribution in [3.8, 4) is 11.8 Å². The van der Waals surface area contributed by atoms with Gasteiger partial charge in [0.1, 0.15) is 11.4 Å². The van der Waals surface area contributed by atoms with Gasteiger partial charge >= 0.3 is 0 Å². The van der Waals surface area contributed by atoms with Crippen LogP contribution in [-0.4, -0.2) is 13.0 Å². The Kier molecular flexibility index (Phi) is 4.03. The van der Waals surface area contributed by atoms with E-state index in [4.69, 9.17) is 14.7 Å². The van der Waals surface area contributed by atoms with Crippen LogP contribution in [0.3, 0.4) is 0 Å². The summed E-state index contributed by atoms with van der Waals surface area (Å²) in [4.78, 5) is 4.65. The van der Waals surface area contributed by atoms with Crippen LogP contribution in [0.5, 0.6) is 5.75 Å². The Bertz CT molecular complexity index is 775. The summed E-state index contributed by atoms with van der Waals surface area (Å²) in [6.07, 6.45) is 1.05. The van der Waals surface area contributed by atoms with Gasteiger partial charge in [-0.25, -0.2) is 4.99 Å². The number of nitrogens with zero attached hydrogens (tertiary/aromatic N) is 2. The Morgan fingerprint density at radius 2 is 1.91 bits per heavy atom. The number of hydrogen-bond donors (Lipinski definition) is 0. The quantitative estimate of drug-likeness (QED) is 0.845. The lowest BCUT2D eigenvalue weighted by molar-refractivity contribution is 0.0621. The Labute approximate surface area is 136 Å². The maximum Gasteiger partial charge on any atom is 0.222 e. The van der Waals surface area contributed by atoms with Gasteiger partial charge in [0.05, 0.1) is 18.9 Å². The number of hydrogen-bond acceptors (Lipinski definition) is 4. The zero-order chi connectivity index (χ0) is 16.3. The fourth-order valence-electron chi connectivity index (χ4n) is 2.76. The second-order valence-electron chi connectivity index (χ2n) is 5.65. The summed E-state index contributed by atoms with van der Waals surface area (Å²) < 4.78 is 11.4. The van der Waals surface area contributed by atoms with Gasteiger partial charge < -0.3 is 9.47 Å². The molecule has 0 N–H and O–H groups in total. The van der Waals surface area contributed by atoms with Gasteiger partial charge in [-0.1, -0.05) is 18.2 Å². The minimum absolute atomic E-state index is 0.431. The van der Waals surface area contributed by atoms with Crippen LogP contribution < -0.4 is 4.74 Å². The monoisotopic (exact) mass is 306 g/mol. The lowest BCUT2D eigenvalue weighted by Gasteiger charge is -2.35. The summed E-state index contributed by atoms with van der Waals surface area (Å²) in [6.45, 7) is 2.02. The lowest BCUT2D eigenvalue weighted by Crippen LogP contribution is -2.32. The Balaban J connectivity index is 2.02. The number of nitriles is 1. The van der Waals surface area contributed by atoms with Crippen molar-refractivity contribution in [3.63, 3.8) is 0 Å². The van der Waals surface area contributed by atoms with Crippen LogP contribution in [0.2, 0.25) is 0 Å². The van der Waals surface area contributed by atoms with Gasteiger partial charge in [0.2, 0.25) is 5.90 Å². The minimum Gasteiger partial charge on any atom is -0.497 e. The molecule has 0 spiro atoms. The molecule has 0 fully saturated rings. The second kappa shape index (κ2) is 6.13. The highest BCUT2D eigenvalue weighted by Gasteiger charge is 2.35. The summed E-state index contributed by atoms with van der Waals surface area (Å²) >= 11 is 0. The first-order valence-electron chi connectivity index (χ1n) is 7.55. The molecule has 0 saturated heterocycles. The van der Waals surface area contributed by atoms with Crippen LogP contribution in [0.4, 0.5) is 5.69 Å². The lowest BCUT2D eigenvalue weighted by atomic mass is 9.88. The first-order valence-corrected chi connectivity index (χ1v) is 7.55. The highest BCUT2D eigenvalue weighted by molar-refractivity contribution is 5.97. The SMILES string of the molecule is COc1ccc(C2=Nc3ccccc3C(C)(CCC#N)O2)cc1. The van der Waals surface area contributed by atoms with E-state index in [0.717, 1.165) is 22.6 Å². The van der Waals surface area contributed by atoms with Crippen molar-refractivity contribution >= 4 is 11.6 Å². The number of rotatable bonds is 4. The number of aliphatic imine (C=N–C) groups is 1. The van der Waals surface area contributed by atoms with E-state index < -0.39 is 5.60 Å². The minimum atomic E-state index is -0.552. The van der Waals surface area contributed by atoms with E-state index >= 15 is 0 Å². The fourth-order valence-corrected chi connectivity index (χ4v) is 2.76. The first-order chi connectivity index (χ1) is 11.2. The molecule has 1 unspecified atom stereocenters. The standard InChI is InChI=1S/C19H18N2O2/c1-19(12-5-13-20)16-6-3-4-7-17(16)21-18(23-19)14-8-10-15(22-2)11-9-14/h3-4,6-11H,5,12H2,1-2H3. The largest absolute Gasteiger partial charge is 0.497 e. The molecule has 0 saturated carbocycles. The van der Waals surface area contributed by atoms with E-state index in [-0.39, 0.29) is 0 Å². The second-order valence-corrected chi connectivity index (χ2v) is 5.65. The first kappa shape index (κ1) is 15.1. The van der Waals surface area contributed by atoms with E-state index in [0.29, 0.717) is 18.7 Å². The van der Waals surface area contributed by atoms with Crippen molar-refractivity contribution in [3.05, 3.63) is 59.7 Å². The topological polar surface area (TPSA) is 54.6 Å². The molecule has 1 atom stereocenters. The molecule has 0 amide bonds. The Morgan fingerprint density at radius 3 is 2.61 bits per heavy atom. The highest BCUT2D eigenvalue weighted by atomic mass is 16.5. The van der Waals surface area contributed by atoms with Crippen molar-refractivity contribution in [1.29, 1.82) is 5.26 Å². The van der Waals surface area contributed by atoms with Gasteiger partial charge in [0.15, 0.2) is 0 Å². The van der Waals surface area contributed by atoms with E-state index in [9.17, 15) is 0 Å². The number of methoxy groups -OCH3 is 1. The maximum absolute atomic E-state index is 8.95.